The normalized spacial score (nSPS) is 10.9. The Hall–Kier alpha value is -1.68. The van der Waals surface area contributed by atoms with E-state index in [1.165, 1.54) is 10.4 Å². The van der Waals surface area contributed by atoms with Gasteiger partial charge in [-0.2, -0.15) is 0 Å². The lowest BCUT2D eigenvalue weighted by molar-refractivity contribution is -0.127. The fraction of sp³-hybridized carbons (Fsp3) is 0.421. The number of halogens is 1. The van der Waals surface area contributed by atoms with E-state index < -0.39 is 0 Å². The molecule has 1 aromatic carbocycles. The number of nitrogens with one attached hydrogen (secondary N) is 2. The molecule has 27 heavy (non-hydrogen) atoms. The van der Waals surface area contributed by atoms with Crippen LogP contribution in [0, 0.1) is 6.92 Å². The minimum Gasteiger partial charge on any atom is -0.356 e. The number of hydrogen-bond donors (Lipinski definition) is 2. The van der Waals surface area contributed by atoms with Gasteiger partial charge in [0.25, 0.3) is 0 Å². The highest BCUT2D eigenvalue weighted by molar-refractivity contribution is 14.0. The van der Waals surface area contributed by atoms with Crippen LogP contribution >= 0.6 is 35.3 Å². The lowest BCUT2D eigenvalue weighted by Gasteiger charge is -2.13. The number of amides is 1. The summed E-state index contributed by atoms with van der Waals surface area (Å²) in [5.41, 5.74) is 1.27. The van der Waals surface area contributed by atoms with Crippen molar-refractivity contribution < 1.29 is 4.79 Å². The third kappa shape index (κ3) is 9.18. The summed E-state index contributed by atoms with van der Waals surface area (Å²) < 4.78 is 0. The minimum atomic E-state index is -0.0234. The Bertz CT molecular complexity index is 718. The van der Waals surface area contributed by atoms with E-state index in [1.807, 2.05) is 24.4 Å². The van der Waals surface area contributed by atoms with Crippen LogP contribution in [-0.4, -0.2) is 55.5 Å². The molecule has 0 aliphatic heterocycles. The predicted octanol–water partition coefficient (Wildman–Crippen LogP) is 2.48. The average Bonchev–Trinajstić information content (AvgIpc) is 3.05. The predicted molar refractivity (Wildman–Crippen MR) is 123 cm³/mol. The van der Waals surface area contributed by atoms with Crippen LogP contribution in [0.1, 0.15) is 15.4 Å². The van der Waals surface area contributed by atoms with Gasteiger partial charge in [-0.25, -0.2) is 9.98 Å². The molecule has 0 atom stereocenters. The van der Waals surface area contributed by atoms with Gasteiger partial charge in [0.1, 0.15) is 6.54 Å². The maximum absolute atomic E-state index is 11.8. The van der Waals surface area contributed by atoms with Gasteiger partial charge in [0.05, 0.1) is 5.01 Å². The Morgan fingerprint density at radius 2 is 1.81 bits per heavy atom. The van der Waals surface area contributed by atoms with Crippen molar-refractivity contribution in [2.45, 2.75) is 19.8 Å². The summed E-state index contributed by atoms with van der Waals surface area (Å²) in [6.07, 6.45) is 3.62. The number of carbonyl (C=O) groups is 1. The Kier molecular flexibility index (Phi) is 11.0. The first kappa shape index (κ1) is 23.4. The van der Waals surface area contributed by atoms with Gasteiger partial charge in [-0.15, -0.1) is 35.3 Å². The van der Waals surface area contributed by atoms with Crippen LogP contribution < -0.4 is 10.6 Å². The summed E-state index contributed by atoms with van der Waals surface area (Å²) in [4.78, 5) is 23.3. The van der Waals surface area contributed by atoms with Gasteiger partial charge in [-0.05, 0) is 18.9 Å². The molecular formula is C19H28IN5OS. The molecule has 0 aliphatic carbocycles. The number of nitrogens with zero attached hydrogens (tertiary/aromatic N) is 3. The molecule has 0 spiro atoms. The van der Waals surface area contributed by atoms with Crippen molar-refractivity contribution in [3.8, 4) is 0 Å². The molecular weight excluding hydrogens is 473 g/mol. The summed E-state index contributed by atoms with van der Waals surface area (Å²) in [5.74, 6) is 0.633. The summed E-state index contributed by atoms with van der Waals surface area (Å²) in [6.45, 7) is 3.66. The van der Waals surface area contributed by atoms with E-state index >= 15 is 0 Å². The number of thiazole rings is 1. The molecule has 0 radical (unpaired) electrons. The van der Waals surface area contributed by atoms with E-state index in [0.29, 0.717) is 5.96 Å². The van der Waals surface area contributed by atoms with E-state index in [0.717, 1.165) is 30.9 Å². The highest BCUT2D eigenvalue weighted by Crippen LogP contribution is 2.10. The molecule has 2 N–H and O–H groups in total. The summed E-state index contributed by atoms with van der Waals surface area (Å²) in [7, 11) is 3.47. The number of likely N-dealkylation sites (N-methyl/N-ethyl adjacent to an activating group) is 1. The van der Waals surface area contributed by atoms with E-state index in [2.05, 4.69) is 39.7 Å². The third-order valence-electron chi connectivity index (χ3n) is 3.72. The standard InChI is InChI=1S/C19H27N5OS.HI/c1-15-13-22-17(26-15)10-12-21-19(23-14-18(25)24(2)3)20-11-9-16-7-5-4-6-8-16;/h4-8,13H,9-12,14H2,1-3H3,(H2,20,21,23);1H. The molecule has 2 rings (SSSR count). The quantitative estimate of drug-likeness (QED) is 0.332. The molecule has 1 aromatic heterocycles. The van der Waals surface area contributed by atoms with Crippen molar-refractivity contribution in [2.24, 2.45) is 4.99 Å². The van der Waals surface area contributed by atoms with Crippen molar-refractivity contribution >= 4 is 47.2 Å². The second-order valence-electron chi connectivity index (χ2n) is 6.16. The Balaban J connectivity index is 0.00000364. The van der Waals surface area contributed by atoms with Crippen LogP contribution in [0.5, 0.6) is 0 Å². The Morgan fingerprint density at radius 3 is 2.41 bits per heavy atom. The lowest BCUT2D eigenvalue weighted by atomic mass is 10.1. The van der Waals surface area contributed by atoms with Crippen molar-refractivity contribution in [1.82, 2.24) is 20.5 Å². The maximum Gasteiger partial charge on any atom is 0.243 e. The summed E-state index contributed by atoms with van der Waals surface area (Å²) in [6, 6.07) is 10.3. The molecule has 0 bridgehead atoms. The number of benzene rings is 1. The summed E-state index contributed by atoms with van der Waals surface area (Å²) >= 11 is 1.70. The molecule has 0 unspecified atom stereocenters. The number of guanidine groups is 1. The van der Waals surface area contributed by atoms with Gasteiger partial charge >= 0.3 is 0 Å². The molecule has 0 saturated carbocycles. The number of aliphatic imine (C=N–C) groups is 1. The molecule has 0 fully saturated rings. The first-order valence-electron chi connectivity index (χ1n) is 8.72. The highest BCUT2D eigenvalue weighted by atomic mass is 127. The lowest BCUT2D eigenvalue weighted by Crippen LogP contribution is -2.40. The van der Waals surface area contributed by atoms with E-state index in [-0.39, 0.29) is 36.4 Å². The molecule has 1 amide bonds. The molecule has 6 nitrogen and oxygen atoms in total. The van der Waals surface area contributed by atoms with Crippen LogP contribution in [0.15, 0.2) is 41.5 Å². The molecule has 0 saturated heterocycles. The SMILES string of the molecule is Cc1cnc(CCNC(=NCC(=O)N(C)C)NCCc2ccccc2)s1.I. The number of aryl methyl sites for hydroxylation is 1. The third-order valence-corrected chi connectivity index (χ3v) is 4.69. The zero-order valence-corrected chi connectivity index (χ0v) is 19.2. The van der Waals surface area contributed by atoms with Crippen molar-refractivity contribution in [1.29, 1.82) is 0 Å². The van der Waals surface area contributed by atoms with Crippen LogP contribution in [-0.2, 0) is 17.6 Å². The van der Waals surface area contributed by atoms with Gasteiger partial charge in [0, 0.05) is 44.7 Å². The second kappa shape index (κ2) is 12.7. The van der Waals surface area contributed by atoms with E-state index in [4.69, 9.17) is 0 Å². The monoisotopic (exact) mass is 501 g/mol. The Morgan fingerprint density at radius 1 is 1.15 bits per heavy atom. The fourth-order valence-electron chi connectivity index (χ4n) is 2.24. The summed E-state index contributed by atoms with van der Waals surface area (Å²) in [5, 5.41) is 7.70. The second-order valence-corrected chi connectivity index (χ2v) is 7.48. The van der Waals surface area contributed by atoms with Gasteiger partial charge in [0.2, 0.25) is 5.91 Å². The zero-order valence-electron chi connectivity index (χ0n) is 16.1. The number of carbonyl (C=O) groups excluding carboxylic acids is 1. The smallest absolute Gasteiger partial charge is 0.243 e. The fourth-order valence-corrected chi connectivity index (χ4v) is 3.02. The van der Waals surface area contributed by atoms with Crippen molar-refractivity contribution in [2.75, 3.05) is 33.7 Å². The molecule has 0 aliphatic rings. The number of rotatable bonds is 8. The van der Waals surface area contributed by atoms with Crippen molar-refractivity contribution in [3.05, 3.63) is 52.0 Å². The first-order chi connectivity index (χ1) is 12.5. The van der Waals surface area contributed by atoms with Gasteiger partial charge in [-0.1, -0.05) is 30.3 Å². The average molecular weight is 501 g/mol. The topological polar surface area (TPSA) is 69.6 Å². The number of aromatic nitrogens is 1. The van der Waals surface area contributed by atoms with Gasteiger partial charge in [-0.3, -0.25) is 4.79 Å². The van der Waals surface area contributed by atoms with Gasteiger partial charge < -0.3 is 15.5 Å². The highest BCUT2D eigenvalue weighted by Gasteiger charge is 2.05. The van der Waals surface area contributed by atoms with E-state index in [1.54, 1.807) is 30.3 Å². The van der Waals surface area contributed by atoms with Crippen LogP contribution in [0.25, 0.3) is 0 Å². The van der Waals surface area contributed by atoms with Crippen molar-refractivity contribution in [3.63, 3.8) is 0 Å². The van der Waals surface area contributed by atoms with Crippen LogP contribution in [0.3, 0.4) is 0 Å². The Labute approximate surface area is 182 Å². The van der Waals surface area contributed by atoms with E-state index in [9.17, 15) is 4.79 Å². The minimum absolute atomic E-state index is 0. The number of hydrogen-bond acceptors (Lipinski definition) is 4. The molecule has 2 aromatic rings. The zero-order chi connectivity index (χ0) is 18.8. The van der Waals surface area contributed by atoms with Crippen LogP contribution in [0.2, 0.25) is 0 Å². The largest absolute Gasteiger partial charge is 0.356 e. The molecule has 8 heteroatoms. The van der Waals surface area contributed by atoms with Gasteiger partial charge in [0.15, 0.2) is 5.96 Å². The first-order valence-corrected chi connectivity index (χ1v) is 9.54. The maximum atomic E-state index is 11.8. The molecule has 148 valence electrons. The van der Waals surface area contributed by atoms with Crippen LogP contribution in [0.4, 0.5) is 0 Å². The molecule has 1 heterocycles.